The van der Waals surface area contributed by atoms with E-state index in [-0.39, 0.29) is 11.3 Å². The zero-order chi connectivity index (χ0) is 12.5. The molecule has 0 bridgehead atoms. The Morgan fingerprint density at radius 2 is 2.18 bits per heavy atom. The Balaban J connectivity index is 2.39. The standard InChI is InChI=1S/C12H17N3O2/c1-9(17)11-10(13-8-16)7-15(14-11)12(2)5-3-4-6-12/h7-8H,3-6H2,1-2H3,(H,13,16). The summed E-state index contributed by atoms with van der Waals surface area (Å²) in [4.78, 5) is 21.9. The molecule has 0 atom stereocenters. The highest BCUT2D eigenvalue weighted by Gasteiger charge is 2.32. The number of rotatable bonds is 4. The van der Waals surface area contributed by atoms with Gasteiger partial charge in [-0.25, -0.2) is 0 Å². The van der Waals surface area contributed by atoms with E-state index >= 15 is 0 Å². The van der Waals surface area contributed by atoms with Crippen LogP contribution in [0, 0.1) is 0 Å². The molecule has 1 fully saturated rings. The summed E-state index contributed by atoms with van der Waals surface area (Å²) >= 11 is 0. The number of amides is 1. The lowest BCUT2D eigenvalue weighted by Crippen LogP contribution is -2.27. The number of nitrogens with zero attached hydrogens (tertiary/aromatic N) is 2. The number of hydrogen-bond donors (Lipinski definition) is 1. The average molecular weight is 235 g/mol. The molecule has 0 aliphatic heterocycles. The molecule has 1 aliphatic carbocycles. The second-order valence-corrected chi connectivity index (χ2v) is 4.86. The minimum absolute atomic E-state index is 0.0208. The second-order valence-electron chi connectivity index (χ2n) is 4.86. The van der Waals surface area contributed by atoms with Crippen molar-refractivity contribution >= 4 is 17.9 Å². The largest absolute Gasteiger partial charge is 0.325 e. The fourth-order valence-electron chi connectivity index (χ4n) is 2.45. The summed E-state index contributed by atoms with van der Waals surface area (Å²) in [6.07, 6.45) is 6.82. The smallest absolute Gasteiger partial charge is 0.211 e. The van der Waals surface area contributed by atoms with Gasteiger partial charge in [-0.1, -0.05) is 12.8 Å². The molecule has 0 radical (unpaired) electrons. The van der Waals surface area contributed by atoms with E-state index in [0.717, 1.165) is 12.8 Å². The van der Waals surface area contributed by atoms with Crippen molar-refractivity contribution in [3.63, 3.8) is 0 Å². The van der Waals surface area contributed by atoms with E-state index < -0.39 is 0 Å². The van der Waals surface area contributed by atoms with Crippen LogP contribution in [0.15, 0.2) is 6.20 Å². The van der Waals surface area contributed by atoms with E-state index in [2.05, 4.69) is 17.3 Å². The van der Waals surface area contributed by atoms with Crippen molar-refractivity contribution in [3.05, 3.63) is 11.9 Å². The third-order valence-electron chi connectivity index (χ3n) is 3.50. The van der Waals surface area contributed by atoms with Crippen LogP contribution in [-0.2, 0) is 10.3 Å². The zero-order valence-corrected chi connectivity index (χ0v) is 10.2. The molecule has 1 saturated carbocycles. The predicted molar refractivity (Wildman–Crippen MR) is 64.0 cm³/mol. The average Bonchev–Trinajstić information content (AvgIpc) is 2.86. The van der Waals surface area contributed by atoms with Crippen LogP contribution in [0.3, 0.4) is 0 Å². The molecule has 2 rings (SSSR count). The van der Waals surface area contributed by atoms with Crippen LogP contribution in [0.1, 0.15) is 50.0 Å². The first-order chi connectivity index (χ1) is 8.07. The topological polar surface area (TPSA) is 64.0 Å². The fraction of sp³-hybridized carbons (Fsp3) is 0.583. The number of Topliss-reactive ketones (excluding diaryl/α,β-unsaturated/α-hetero) is 1. The Bertz CT molecular complexity index is 445. The molecule has 1 N–H and O–H groups in total. The number of carbonyl (C=O) groups excluding carboxylic acids is 2. The molecule has 0 unspecified atom stereocenters. The maximum Gasteiger partial charge on any atom is 0.211 e. The monoisotopic (exact) mass is 235 g/mol. The van der Waals surface area contributed by atoms with Gasteiger partial charge in [0.2, 0.25) is 6.41 Å². The van der Waals surface area contributed by atoms with Gasteiger partial charge in [0.25, 0.3) is 0 Å². The Kier molecular flexibility index (Phi) is 3.00. The fourth-order valence-corrected chi connectivity index (χ4v) is 2.45. The van der Waals surface area contributed by atoms with Crippen LogP contribution in [-0.4, -0.2) is 22.0 Å². The minimum Gasteiger partial charge on any atom is -0.325 e. The summed E-state index contributed by atoms with van der Waals surface area (Å²) in [5.41, 5.74) is 0.818. The molecular formula is C12H17N3O2. The maximum absolute atomic E-state index is 11.4. The molecule has 0 aromatic carbocycles. The minimum atomic E-state index is -0.130. The normalized spacial score (nSPS) is 18.0. The molecule has 5 heteroatoms. The summed E-state index contributed by atoms with van der Waals surface area (Å²) in [6, 6.07) is 0. The first kappa shape index (κ1) is 11.8. The molecule has 17 heavy (non-hydrogen) atoms. The van der Waals surface area contributed by atoms with Crippen LogP contribution in [0.5, 0.6) is 0 Å². The Morgan fingerprint density at radius 3 is 2.71 bits per heavy atom. The van der Waals surface area contributed by atoms with Crippen molar-refractivity contribution in [2.24, 2.45) is 0 Å². The van der Waals surface area contributed by atoms with Crippen molar-refractivity contribution in [2.75, 3.05) is 5.32 Å². The summed E-state index contributed by atoms with van der Waals surface area (Å²) in [7, 11) is 0. The van der Waals surface area contributed by atoms with Gasteiger partial charge in [0.05, 0.1) is 11.2 Å². The highest BCUT2D eigenvalue weighted by atomic mass is 16.1. The van der Waals surface area contributed by atoms with Crippen molar-refractivity contribution < 1.29 is 9.59 Å². The number of nitrogens with one attached hydrogen (secondary N) is 1. The molecule has 1 heterocycles. The van der Waals surface area contributed by atoms with Crippen molar-refractivity contribution in [1.82, 2.24) is 9.78 Å². The summed E-state index contributed by atoms with van der Waals surface area (Å²) in [5, 5.41) is 6.86. The molecule has 0 spiro atoms. The summed E-state index contributed by atoms with van der Waals surface area (Å²) in [6.45, 7) is 3.60. The second kappa shape index (κ2) is 4.31. The first-order valence-electron chi connectivity index (χ1n) is 5.88. The quantitative estimate of drug-likeness (QED) is 0.640. The van der Waals surface area contributed by atoms with Crippen LogP contribution in [0.4, 0.5) is 5.69 Å². The first-order valence-corrected chi connectivity index (χ1v) is 5.88. The molecule has 1 aliphatic rings. The van der Waals surface area contributed by atoms with Gasteiger partial charge in [-0.15, -0.1) is 0 Å². The Labute approximate surface area is 100 Å². The van der Waals surface area contributed by atoms with E-state index in [1.54, 1.807) is 6.20 Å². The van der Waals surface area contributed by atoms with Crippen LogP contribution >= 0.6 is 0 Å². The van der Waals surface area contributed by atoms with E-state index in [0.29, 0.717) is 17.8 Å². The van der Waals surface area contributed by atoms with Gasteiger partial charge >= 0.3 is 0 Å². The molecule has 1 aromatic rings. The lowest BCUT2D eigenvalue weighted by molar-refractivity contribution is -0.105. The Morgan fingerprint density at radius 1 is 1.53 bits per heavy atom. The number of aromatic nitrogens is 2. The van der Waals surface area contributed by atoms with Gasteiger partial charge in [-0.2, -0.15) is 5.10 Å². The maximum atomic E-state index is 11.4. The third kappa shape index (κ3) is 2.09. The number of anilines is 1. The summed E-state index contributed by atoms with van der Waals surface area (Å²) < 4.78 is 1.84. The zero-order valence-electron chi connectivity index (χ0n) is 10.2. The molecule has 1 aromatic heterocycles. The lowest BCUT2D eigenvalue weighted by atomic mass is 10.0. The van der Waals surface area contributed by atoms with Crippen molar-refractivity contribution in [2.45, 2.75) is 45.1 Å². The van der Waals surface area contributed by atoms with Gasteiger partial charge < -0.3 is 5.32 Å². The van der Waals surface area contributed by atoms with Gasteiger partial charge in [-0.05, 0) is 19.8 Å². The van der Waals surface area contributed by atoms with Gasteiger partial charge in [0.1, 0.15) is 0 Å². The molecule has 1 amide bonds. The van der Waals surface area contributed by atoms with Crippen LogP contribution in [0.25, 0.3) is 0 Å². The molecule has 5 nitrogen and oxygen atoms in total. The van der Waals surface area contributed by atoms with E-state index in [1.165, 1.54) is 19.8 Å². The van der Waals surface area contributed by atoms with E-state index in [1.807, 2.05) is 4.68 Å². The SMILES string of the molecule is CC(=O)c1nn(C2(C)CCCC2)cc1NC=O. The molecule has 0 saturated heterocycles. The molecular weight excluding hydrogens is 218 g/mol. The van der Waals surface area contributed by atoms with Crippen molar-refractivity contribution in [3.8, 4) is 0 Å². The van der Waals surface area contributed by atoms with Crippen LogP contribution in [0.2, 0.25) is 0 Å². The van der Waals surface area contributed by atoms with E-state index in [4.69, 9.17) is 0 Å². The highest BCUT2D eigenvalue weighted by molar-refractivity contribution is 5.99. The number of carbonyl (C=O) groups is 2. The van der Waals surface area contributed by atoms with Gasteiger partial charge in [0.15, 0.2) is 11.5 Å². The van der Waals surface area contributed by atoms with E-state index in [9.17, 15) is 9.59 Å². The third-order valence-corrected chi connectivity index (χ3v) is 3.50. The van der Waals surface area contributed by atoms with Gasteiger partial charge in [0, 0.05) is 13.1 Å². The predicted octanol–water partition coefficient (Wildman–Crippen LogP) is 1.94. The summed E-state index contributed by atoms with van der Waals surface area (Å²) in [5.74, 6) is -0.130. The number of ketones is 1. The number of hydrogen-bond acceptors (Lipinski definition) is 3. The van der Waals surface area contributed by atoms with Crippen molar-refractivity contribution in [1.29, 1.82) is 0 Å². The van der Waals surface area contributed by atoms with Gasteiger partial charge in [-0.3, -0.25) is 14.3 Å². The molecule has 92 valence electrons. The lowest BCUT2D eigenvalue weighted by Gasteiger charge is -2.23. The highest BCUT2D eigenvalue weighted by Crippen LogP contribution is 2.36. The Hall–Kier alpha value is -1.65. The van der Waals surface area contributed by atoms with Crippen LogP contribution < -0.4 is 5.32 Å².